The first-order chi connectivity index (χ1) is 10.9. The first-order valence-electron chi connectivity index (χ1n) is 7.23. The van der Waals surface area contributed by atoms with Gasteiger partial charge in [0.2, 0.25) is 0 Å². The molecule has 0 spiro atoms. The second-order valence-corrected chi connectivity index (χ2v) is 5.95. The number of benzene rings is 1. The van der Waals surface area contributed by atoms with Crippen molar-refractivity contribution in [2.75, 3.05) is 7.05 Å². The van der Waals surface area contributed by atoms with E-state index < -0.39 is 0 Å². The summed E-state index contributed by atoms with van der Waals surface area (Å²) in [5.74, 6) is 1.48. The number of aromatic nitrogens is 3. The zero-order chi connectivity index (χ0) is 16.7. The van der Waals surface area contributed by atoms with Gasteiger partial charge < -0.3 is 14.3 Å². The fraction of sp³-hybridized carbons (Fsp3) is 0.312. The largest absolute Gasteiger partial charge is 0.445 e. The number of nitrogens with one attached hydrogen (secondary N) is 1. The van der Waals surface area contributed by atoms with Crippen LogP contribution in [-0.4, -0.2) is 32.8 Å². The van der Waals surface area contributed by atoms with Crippen LogP contribution in [0.1, 0.15) is 40.9 Å². The predicted molar refractivity (Wildman–Crippen MR) is 87.6 cm³/mol. The van der Waals surface area contributed by atoms with Crippen LogP contribution in [0.3, 0.4) is 0 Å². The number of H-pyrrole nitrogens is 1. The van der Waals surface area contributed by atoms with Crippen LogP contribution in [0.25, 0.3) is 11.0 Å². The smallest absolute Gasteiger partial charge is 0.276 e. The van der Waals surface area contributed by atoms with Crippen molar-refractivity contribution in [3.8, 4) is 0 Å². The molecular formula is C16H17ClN4O2. The van der Waals surface area contributed by atoms with Gasteiger partial charge in [-0.2, -0.15) is 0 Å². The maximum atomic E-state index is 12.6. The molecule has 6 nitrogen and oxygen atoms in total. The van der Waals surface area contributed by atoms with Gasteiger partial charge in [0.25, 0.3) is 5.91 Å². The van der Waals surface area contributed by atoms with Crippen LogP contribution in [0.2, 0.25) is 5.02 Å². The van der Waals surface area contributed by atoms with E-state index >= 15 is 0 Å². The van der Waals surface area contributed by atoms with Crippen molar-refractivity contribution in [3.63, 3.8) is 0 Å². The third-order valence-electron chi connectivity index (χ3n) is 3.87. The van der Waals surface area contributed by atoms with Crippen LogP contribution in [0.5, 0.6) is 0 Å². The fourth-order valence-electron chi connectivity index (χ4n) is 2.45. The van der Waals surface area contributed by atoms with Gasteiger partial charge in [-0.3, -0.25) is 4.79 Å². The Kier molecular flexibility index (Phi) is 3.85. The topological polar surface area (TPSA) is 75.0 Å². The van der Waals surface area contributed by atoms with Crippen LogP contribution in [0.4, 0.5) is 0 Å². The Bertz CT molecular complexity index is 883. The number of carbonyl (C=O) groups is 1. The van der Waals surface area contributed by atoms with Crippen molar-refractivity contribution >= 4 is 28.5 Å². The Balaban J connectivity index is 1.89. The van der Waals surface area contributed by atoms with E-state index in [0.717, 1.165) is 11.0 Å². The molecule has 0 aliphatic carbocycles. The second kappa shape index (κ2) is 5.70. The second-order valence-electron chi connectivity index (χ2n) is 5.51. The Morgan fingerprint density at radius 3 is 2.74 bits per heavy atom. The number of aryl methyl sites for hydroxylation is 2. The molecule has 0 fully saturated rings. The van der Waals surface area contributed by atoms with E-state index in [1.54, 1.807) is 31.9 Å². The van der Waals surface area contributed by atoms with Crippen LogP contribution in [0, 0.1) is 13.8 Å². The molecule has 3 aromatic rings. The van der Waals surface area contributed by atoms with Gasteiger partial charge in [-0.25, -0.2) is 9.97 Å². The lowest BCUT2D eigenvalue weighted by molar-refractivity contribution is 0.0730. The van der Waals surface area contributed by atoms with Crippen LogP contribution < -0.4 is 0 Å². The number of carbonyl (C=O) groups excluding carboxylic acids is 1. The highest BCUT2D eigenvalue weighted by Crippen LogP contribution is 2.24. The SMILES string of the molecule is Cc1nc(C(=O)N(C)C(C)c2nc3ccc(Cl)cc3[nH]2)c(C)o1. The van der Waals surface area contributed by atoms with Gasteiger partial charge in [-0.05, 0) is 32.0 Å². The van der Waals surface area contributed by atoms with Crippen molar-refractivity contribution in [1.82, 2.24) is 19.9 Å². The molecule has 0 aliphatic rings. The number of fused-ring (bicyclic) bond motifs is 1. The summed E-state index contributed by atoms with van der Waals surface area (Å²) < 4.78 is 5.34. The van der Waals surface area contributed by atoms with Crippen molar-refractivity contribution in [1.29, 1.82) is 0 Å². The van der Waals surface area contributed by atoms with Gasteiger partial charge in [0.1, 0.15) is 11.6 Å². The monoisotopic (exact) mass is 332 g/mol. The predicted octanol–water partition coefficient (Wildman–Crippen LogP) is 3.65. The number of imidazole rings is 1. The van der Waals surface area contributed by atoms with Crippen LogP contribution >= 0.6 is 11.6 Å². The molecule has 0 saturated carbocycles. The molecule has 1 aromatic carbocycles. The highest BCUT2D eigenvalue weighted by Gasteiger charge is 2.25. The Morgan fingerprint density at radius 2 is 2.09 bits per heavy atom. The number of oxazole rings is 1. The van der Waals surface area contributed by atoms with E-state index in [4.69, 9.17) is 16.0 Å². The molecule has 23 heavy (non-hydrogen) atoms. The van der Waals surface area contributed by atoms with E-state index in [-0.39, 0.29) is 11.9 Å². The summed E-state index contributed by atoms with van der Waals surface area (Å²) in [5, 5.41) is 0.637. The molecule has 2 aromatic heterocycles. The minimum Gasteiger partial charge on any atom is -0.445 e. The average molecular weight is 333 g/mol. The zero-order valence-electron chi connectivity index (χ0n) is 13.3. The molecule has 120 valence electrons. The normalized spacial score (nSPS) is 12.6. The lowest BCUT2D eigenvalue weighted by Crippen LogP contribution is -2.31. The first-order valence-corrected chi connectivity index (χ1v) is 7.61. The highest BCUT2D eigenvalue weighted by molar-refractivity contribution is 6.31. The van der Waals surface area contributed by atoms with Gasteiger partial charge in [-0.1, -0.05) is 11.6 Å². The highest BCUT2D eigenvalue weighted by atomic mass is 35.5. The lowest BCUT2D eigenvalue weighted by Gasteiger charge is -2.22. The first kappa shape index (κ1) is 15.6. The Morgan fingerprint density at radius 1 is 1.35 bits per heavy atom. The molecule has 0 radical (unpaired) electrons. The molecule has 1 N–H and O–H groups in total. The summed E-state index contributed by atoms with van der Waals surface area (Å²) in [6, 6.07) is 5.20. The van der Waals surface area contributed by atoms with E-state index in [2.05, 4.69) is 15.0 Å². The molecule has 1 atom stereocenters. The number of halogens is 1. The molecule has 0 saturated heterocycles. The van der Waals surface area contributed by atoms with Crippen molar-refractivity contribution < 1.29 is 9.21 Å². The summed E-state index contributed by atoms with van der Waals surface area (Å²) in [5.41, 5.74) is 1.98. The zero-order valence-corrected chi connectivity index (χ0v) is 14.1. The van der Waals surface area contributed by atoms with Gasteiger partial charge in [0, 0.05) is 19.0 Å². The number of amides is 1. The number of hydrogen-bond acceptors (Lipinski definition) is 4. The maximum absolute atomic E-state index is 12.6. The molecule has 1 amide bonds. The number of rotatable bonds is 3. The van der Waals surface area contributed by atoms with Gasteiger partial charge in [-0.15, -0.1) is 0 Å². The third-order valence-corrected chi connectivity index (χ3v) is 4.10. The molecule has 7 heteroatoms. The Labute approximate surface area is 138 Å². The Hall–Kier alpha value is -2.34. The number of nitrogens with zero attached hydrogens (tertiary/aromatic N) is 3. The summed E-state index contributed by atoms with van der Waals surface area (Å²) >= 11 is 5.99. The van der Waals surface area contributed by atoms with Crippen LogP contribution in [0.15, 0.2) is 22.6 Å². The molecule has 3 rings (SSSR count). The molecule has 0 aliphatic heterocycles. The lowest BCUT2D eigenvalue weighted by atomic mass is 10.2. The van der Waals surface area contributed by atoms with E-state index in [1.165, 1.54) is 0 Å². The van der Waals surface area contributed by atoms with E-state index in [1.807, 2.05) is 19.1 Å². The van der Waals surface area contributed by atoms with Gasteiger partial charge in [0.15, 0.2) is 11.6 Å². The molecule has 0 bridgehead atoms. The van der Waals surface area contributed by atoms with Gasteiger partial charge in [0.05, 0.1) is 17.1 Å². The summed E-state index contributed by atoms with van der Waals surface area (Å²) in [7, 11) is 1.72. The third kappa shape index (κ3) is 2.82. The van der Waals surface area contributed by atoms with E-state index in [0.29, 0.717) is 28.2 Å². The molecule has 2 heterocycles. The van der Waals surface area contributed by atoms with Crippen molar-refractivity contribution in [2.45, 2.75) is 26.8 Å². The summed E-state index contributed by atoms with van der Waals surface area (Å²) in [6.07, 6.45) is 0. The average Bonchev–Trinajstić information content (AvgIpc) is 3.07. The van der Waals surface area contributed by atoms with Crippen LogP contribution in [-0.2, 0) is 0 Å². The van der Waals surface area contributed by atoms with E-state index in [9.17, 15) is 4.79 Å². The maximum Gasteiger partial charge on any atom is 0.276 e. The number of aromatic amines is 1. The molecule has 1 unspecified atom stereocenters. The summed E-state index contributed by atoms with van der Waals surface area (Å²) in [4.78, 5) is 26.1. The minimum atomic E-state index is -0.245. The fourth-order valence-corrected chi connectivity index (χ4v) is 2.63. The number of hydrogen-bond donors (Lipinski definition) is 1. The standard InChI is InChI=1S/C16H17ClN4O2/c1-8(15-19-12-6-5-11(17)7-13(12)20-15)21(4)16(22)14-9(2)23-10(3)18-14/h5-8H,1-4H3,(H,19,20). The van der Waals surface area contributed by atoms with Crippen molar-refractivity contribution in [3.05, 3.63) is 46.4 Å². The molecular weight excluding hydrogens is 316 g/mol. The summed E-state index contributed by atoms with van der Waals surface area (Å²) in [6.45, 7) is 5.35. The quantitative estimate of drug-likeness (QED) is 0.794. The van der Waals surface area contributed by atoms with Crippen molar-refractivity contribution in [2.24, 2.45) is 0 Å². The minimum absolute atomic E-state index is 0.203. The van der Waals surface area contributed by atoms with Gasteiger partial charge >= 0.3 is 0 Å².